The Bertz CT molecular complexity index is 2630. The smallest absolute Gasteiger partial charge is 0.303 e. The van der Waals surface area contributed by atoms with Gasteiger partial charge in [-0.25, -0.2) is 0 Å². The van der Waals surface area contributed by atoms with Gasteiger partial charge in [-0.3, -0.25) is 19.4 Å². The fourth-order valence-electron chi connectivity index (χ4n) is 8.53. The first-order chi connectivity index (χ1) is 28.8. The quantitative estimate of drug-likeness (QED) is 0.0761. The highest BCUT2D eigenvalue weighted by molar-refractivity contribution is 6.10. The van der Waals surface area contributed by atoms with Crippen molar-refractivity contribution in [3.8, 4) is 28.0 Å². The Morgan fingerprint density at radius 1 is 0.831 bits per heavy atom. The van der Waals surface area contributed by atoms with Crippen LogP contribution in [0.3, 0.4) is 0 Å². The van der Waals surface area contributed by atoms with Crippen LogP contribution >= 0.6 is 0 Å². The minimum atomic E-state index is -0.823. The van der Waals surface area contributed by atoms with Gasteiger partial charge in [-0.15, -0.1) is 0 Å². The van der Waals surface area contributed by atoms with Crippen molar-refractivity contribution in [2.45, 2.75) is 50.5 Å². The SMILES string of the molecule is C1=CNc2ccccc2N=C1.NCc1ccc(-c2ccccc2C(=O)Nc2ccc(C(=O)C3Cc4ccccc4-c4ccc5c(c43)CCCC5CC(=O)O)cc2O)cc1. The van der Waals surface area contributed by atoms with E-state index in [2.05, 4.69) is 27.8 Å². The number of fused-ring (bicyclic) bond motifs is 6. The van der Waals surface area contributed by atoms with Crippen LogP contribution in [0, 0.1) is 0 Å². The summed E-state index contributed by atoms with van der Waals surface area (Å²) in [5.41, 5.74) is 17.6. The zero-order valence-electron chi connectivity index (χ0n) is 32.4. The number of carbonyl (C=O) groups excluding carboxylic acids is 2. The van der Waals surface area contributed by atoms with Gasteiger partial charge in [-0.05, 0) is 124 Å². The number of nitrogens with zero attached hydrogens (tertiary/aromatic N) is 1. The molecular formula is C50H44N4O5. The number of ketones is 1. The summed E-state index contributed by atoms with van der Waals surface area (Å²) in [6, 6.07) is 39.8. The number of aromatic hydroxyl groups is 1. The number of anilines is 2. The molecule has 0 bridgehead atoms. The van der Waals surface area contributed by atoms with Gasteiger partial charge in [0.05, 0.1) is 29.4 Å². The van der Waals surface area contributed by atoms with E-state index in [4.69, 9.17) is 5.73 Å². The first-order valence-corrected chi connectivity index (χ1v) is 19.9. The molecule has 0 saturated carbocycles. The summed E-state index contributed by atoms with van der Waals surface area (Å²) in [5, 5.41) is 26.6. The second kappa shape index (κ2) is 17.2. The molecule has 0 spiro atoms. The number of aliphatic imine (C=N–C) groups is 1. The molecule has 0 fully saturated rings. The first-order valence-electron chi connectivity index (χ1n) is 19.9. The number of benzene rings is 6. The molecule has 9 nitrogen and oxygen atoms in total. The van der Waals surface area contributed by atoms with E-state index in [0.717, 1.165) is 80.7 Å². The average molecular weight is 781 g/mol. The van der Waals surface area contributed by atoms with E-state index in [1.807, 2.05) is 97.2 Å². The molecule has 0 radical (unpaired) electrons. The third-order valence-electron chi connectivity index (χ3n) is 11.4. The van der Waals surface area contributed by atoms with Crippen LogP contribution in [-0.4, -0.2) is 34.1 Å². The molecule has 2 atom stereocenters. The molecule has 6 aromatic carbocycles. The summed E-state index contributed by atoms with van der Waals surface area (Å²) in [6.45, 7) is 0.427. The molecule has 0 saturated heterocycles. The molecule has 9 heteroatoms. The zero-order chi connectivity index (χ0) is 40.9. The number of phenolic OH excluding ortho intramolecular Hbond substituents is 1. The second-order valence-corrected chi connectivity index (χ2v) is 15.0. The number of carboxylic acids is 1. The minimum absolute atomic E-state index is 0.0626. The number of nitrogens with two attached hydrogens (primary N) is 1. The molecule has 2 aliphatic carbocycles. The lowest BCUT2D eigenvalue weighted by atomic mass is 9.69. The maximum Gasteiger partial charge on any atom is 0.303 e. The number of hydrogen-bond acceptors (Lipinski definition) is 7. The molecule has 1 heterocycles. The topological polar surface area (TPSA) is 154 Å². The van der Waals surface area contributed by atoms with Crippen LogP contribution in [0.25, 0.3) is 22.3 Å². The van der Waals surface area contributed by atoms with Crippen molar-refractivity contribution >= 4 is 40.9 Å². The van der Waals surface area contributed by atoms with Gasteiger partial charge in [0.2, 0.25) is 0 Å². The predicted molar refractivity (Wildman–Crippen MR) is 234 cm³/mol. The number of amides is 1. The third-order valence-corrected chi connectivity index (χ3v) is 11.4. The van der Waals surface area contributed by atoms with Crippen molar-refractivity contribution in [2.24, 2.45) is 10.7 Å². The van der Waals surface area contributed by atoms with Gasteiger partial charge >= 0.3 is 5.97 Å². The number of para-hydroxylation sites is 2. The van der Waals surface area contributed by atoms with Gasteiger partial charge in [-0.2, -0.15) is 0 Å². The van der Waals surface area contributed by atoms with Gasteiger partial charge in [0.1, 0.15) is 5.75 Å². The summed E-state index contributed by atoms with van der Waals surface area (Å²) in [5.74, 6) is -2.12. The lowest BCUT2D eigenvalue weighted by Gasteiger charge is -2.34. The fraction of sp³-hybridized carbons (Fsp3) is 0.160. The van der Waals surface area contributed by atoms with E-state index in [1.165, 1.54) is 6.07 Å². The van der Waals surface area contributed by atoms with E-state index in [1.54, 1.807) is 30.5 Å². The molecule has 0 aromatic heterocycles. The summed E-state index contributed by atoms with van der Waals surface area (Å²) in [4.78, 5) is 43.8. The van der Waals surface area contributed by atoms with Crippen molar-refractivity contribution in [2.75, 3.05) is 10.6 Å². The summed E-state index contributed by atoms with van der Waals surface area (Å²) in [7, 11) is 0. The Balaban J connectivity index is 0.000000378. The van der Waals surface area contributed by atoms with Crippen molar-refractivity contribution in [3.63, 3.8) is 0 Å². The second-order valence-electron chi connectivity index (χ2n) is 15.0. The monoisotopic (exact) mass is 780 g/mol. The van der Waals surface area contributed by atoms with Crippen LogP contribution < -0.4 is 16.4 Å². The Kier molecular flexibility index (Phi) is 11.3. The summed E-state index contributed by atoms with van der Waals surface area (Å²) < 4.78 is 0. The number of hydrogen-bond donors (Lipinski definition) is 5. The number of allylic oxidation sites excluding steroid dienone is 1. The van der Waals surface area contributed by atoms with Gasteiger partial charge in [0.15, 0.2) is 5.78 Å². The number of Topliss-reactive ketones (excluding diaryl/α,β-unsaturated/α-hetero) is 1. The molecular weight excluding hydrogens is 737 g/mol. The zero-order valence-corrected chi connectivity index (χ0v) is 32.4. The predicted octanol–water partition coefficient (Wildman–Crippen LogP) is 10.2. The number of phenols is 1. The standard InChI is InChI=1S/C41H36N2O5.C9H8N2/c42-23-24-12-14-25(15-13-24)29-8-3-4-10-34(29)41(48)43-36-19-16-28(21-37(36)44)40(47)35-20-26-6-1-2-9-30(26)33-18-17-31-27(22-38(45)46)7-5-11-32(31)39(33)35;1-2-5-9-8(4-1)10-6-3-7-11-9/h1-4,6,8-10,12-19,21,27,35,44H,5,7,11,20,22-23,42H2,(H,43,48)(H,45,46);1-7,10H. The van der Waals surface area contributed by atoms with E-state index in [-0.39, 0.29) is 35.5 Å². The first kappa shape index (κ1) is 38.8. The molecule has 1 amide bonds. The van der Waals surface area contributed by atoms with Gasteiger partial charge in [0, 0.05) is 30.1 Å². The van der Waals surface area contributed by atoms with E-state index in [9.17, 15) is 24.6 Å². The molecule has 294 valence electrons. The third kappa shape index (κ3) is 8.19. The van der Waals surface area contributed by atoms with Gasteiger partial charge in [-0.1, -0.05) is 91.0 Å². The molecule has 6 N–H and O–H groups in total. The normalized spacial score (nSPS) is 15.7. The highest BCUT2D eigenvalue weighted by Crippen LogP contribution is 2.48. The van der Waals surface area contributed by atoms with Crippen LogP contribution in [0.4, 0.5) is 17.1 Å². The lowest BCUT2D eigenvalue weighted by Crippen LogP contribution is -2.25. The molecule has 2 unspecified atom stereocenters. The summed E-state index contributed by atoms with van der Waals surface area (Å²) in [6.07, 6.45) is 8.54. The Morgan fingerprint density at radius 2 is 1.59 bits per heavy atom. The van der Waals surface area contributed by atoms with Crippen molar-refractivity contribution in [3.05, 3.63) is 179 Å². The number of carbonyl (C=O) groups is 3. The Hall–Kier alpha value is -7.10. The van der Waals surface area contributed by atoms with E-state index < -0.39 is 11.9 Å². The molecule has 3 aliphatic rings. The number of carboxylic acid groups (broad SMARTS) is 1. The largest absolute Gasteiger partial charge is 0.506 e. The highest BCUT2D eigenvalue weighted by Gasteiger charge is 2.36. The van der Waals surface area contributed by atoms with Crippen LogP contribution in [0.1, 0.15) is 79.6 Å². The molecule has 6 aromatic rings. The van der Waals surface area contributed by atoms with Gasteiger partial charge < -0.3 is 26.6 Å². The number of aliphatic carboxylic acids is 1. The van der Waals surface area contributed by atoms with Crippen LogP contribution in [0.5, 0.6) is 5.75 Å². The Morgan fingerprint density at radius 3 is 2.39 bits per heavy atom. The summed E-state index contributed by atoms with van der Waals surface area (Å²) >= 11 is 0. The maximum absolute atomic E-state index is 14.4. The van der Waals surface area contributed by atoms with Crippen LogP contribution in [-0.2, 0) is 24.2 Å². The minimum Gasteiger partial charge on any atom is -0.506 e. The van der Waals surface area contributed by atoms with E-state index in [0.29, 0.717) is 24.1 Å². The molecule has 9 rings (SSSR count). The fourth-order valence-corrected chi connectivity index (χ4v) is 8.53. The van der Waals surface area contributed by atoms with Gasteiger partial charge in [0.25, 0.3) is 5.91 Å². The van der Waals surface area contributed by atoms with E-state index >= 15 is 0 Å². The lowest BCUT2D eigenvalue weighted by molar-refractivity contribution is -0.137. The highest BCUT2D eigenvalue weighted by atomic mass is 16.4. The number of nitrogens with one attached hydrogen (secondary N) is 2. The number of rotatable bonds is 8. The molecule has 1 aliphatic heterocycles. The molecule has 59 heavy (non-hydrogen) atoms. The maximum atomic E-state index is 14.4. The average Bonchev–Trinajstić information content (AvgIpc) is 3.52. The Labute approximate surface area is 343 Å². The van der Waals surface area contributed by atoms with Crippen molar-refractivity contribution in [1.82, 2.24) is 0 Å². The van der Waals surface area contributed by atoms with Crippen LogP contribution in [0.15, 0.2) is 145 Å². The van der Waals surface area contributed by atoms with Crippen molar-refractivity contribution in [1.29, 1.82) is 0 Å². The van der Waals surface area contributed by atoms with Crippen molar-refractivity contribution < 1.29 is 24.6 Å². The van der Waals surface area contributed by atoms with Crippen LogP contribution in [0.2, 0.25) is 0 Å².